The molecule has 72 valence electrons. The molecule has 0 aromatic carbocycles. The molecule has 1 N–H and O–H groups in total. The van der Waals surface area contributed by atoms with Gasteiger partial charge < -0.3 is 5.11 Å². The van der Waals surface area contributed by atoms with Crippen molar-refractivity contribution in [3.05, 3.63) is 11.6 Å². The van der Waals surface area contributed by atoms with E-state index in [2.05, 4.69) is 33.8 Å². The Kier molecular flexibility index (Phi) is 6.09. The highest BCUT2D eigenvalue weighted by molar-refractivity contribution is 5.00. The molecule has 0 bridgehead atoms. The molecule has 0 spiro atoms. The summed E-state index contributed by atoms with van der Waals surface area (Å²) in [7, 11) is 0. The topological polar surface area (TPSA) is 20.2 Å². The number of aliphatic hydroxyl groups excluding tert-OH is 1. The standard InChI is InChI=1S/C11H22O/c1-9(2)11(4)6-5-10(3)7-8-12/h6,9-10,12H,5,7-8H2,1-4H3. The highest BCUT2D eigenvalue weighted by Gasteiger charge is 2.00. The Morgan fingerprint density at radius 3 is 2.33 bits per heavy atom. The molecular weight excluding hydrogens is 148 g/mol. The molecule has 0 heterocycles. The Bertz CT molecular complexity index is 136. The molecule has 1 atom stereocenters. The molecule has 0 saturated heterocycles. The van der Waals surface area contributed by atoms with Crippen molar-refractivity contribution in [2.24, 2.45) is 11.8 Å². The monoisotopic (exact) mass is 170 g/mol. The molecule has 0 aromatic rings. The Hall–Kier alpha value is -0.300. The number of aliphatic hydroxyl groups is 1. The number of hydrogen-bond acceptors (Lipinski definition) is 1. The van der Waals surface area contributed by atoms with Gasteiger partial charge in [-0.05, 0) is 31.6 Å². The third-order valence-electron chi connectivity index (χ3n) is 2.37. The van der Waals surface area contributed by atoms with Crippen LogP contribution in [0.3, 0.4) is 0 Å². The molecule has 0 aromatic heterocycles. The summed E-state index contributed by atoms with van der Waals surface area (Å²) in [6.07, 6.45) is 4.32. The van der Waals surface area contributed by atoms with Crippen LogP contribution in [0.1, 0.15) is 40.5 Å². The van der Waals surface area contributed by atoms with Gasteiger partial charge in [-0.2, -0.15) is 0 Å². The predicted octanol–water partition coefficient (Wildman–Crippen LogP) is 3.00. The van der Waals surface area contributed by atoms with E-state index >= 15 is 0 Å². The zero-order valence-corrected chi connectivity index (χ0v) is 8.80. The molecule has 0 saturated carbocycles. The lowest BCUT2D eigenvalue weighted by Crippen LogP contribution is -1.97. The van der Waals surface area contributed by atoms with Gasteiger partial charge in [0.05, 0.1) is 0 Å². The van der Waals surface area contributed by atoms with E-state index in [1.165, 1.54) is 5.57 Å². The number of hydrogen-bond donors (Lipinski definition) is 1. The van der Waals surface area contributed by atoms with Gasteiger partial charge in [-0.3, -0.25) is 0 Å². The van der Waals surface area contributed by atoms with E-state index in [0.29, 0.717) is 18.4 Å². The smallest absolute Gasteiger partial charge is 0.0433 e. The summed E-state index contributed by atoms with van der Waals surface area (Å²) in [5.74, 6) is 1.27. The molecule has 0 amide bonds. The molecule has 0 rings (SSSR count). The molecule has 0 aliphatic carbocycles. The van der Waals surface area contributed by atoms with Crippen LogP contribution in [-0.4, -0.2) is 11.7 Å². The highest BCUT2D eigenvalue weighted by Crippen LogP contribution is 2.13. The van der Waals surface area contributed by atoms with Gasteiger partial charge in [-0.25, -0.2) is 0 Å². The van der Waals surface area contributed by atoms with Crippen LogP contribution in [-0.2, 0) is 0 Å². The first-order valence-electron chi connectivity index (χ1n) is 4.85. The normalized spacial score (nSPS) is 15.3. The van der Waals surface area contributed by atoms with Gasteiger partial charge in [-0.15, -0.1) is 0 Å². The van der Waals surface area contributed by atoms with Crippen LogP contribution in [0.25, 0.3) is 0 Å². The van der Waals surface area contributed by atoms with Crippen molar-refractivity contribution in [2.45, 2.75) is 40.5 Å². The average Bonchev–Trinajstić information content (AvgIpc) is 2.00. The number of allylic oxidation sites excluding steroid dienone is 2. The van der Waals surface area contributed by atoms with E-state index in [1.807, 2.05) is 0 Å². The molecule has 0 radical (unpaired) electrons. The Balaban J connectivity index is 3.71. The highest BCUT2D eigenvalue weighted by atomic mass is 16.2. The van der Waals surface area contributed by atoms with Gasteiger partial charge in [0, 0.05) is 6.61 Å². The first-order valence-corrected chi connectivity index (χ1v) is 4.85. The van der Waals surface area contributed by atoms with Crippen LogP contribution in [0.5, 0.6) is 0 Å². The summed E-state index contributed by atoms with van der Waals surface area (Å²) < 4.78 is 0. The molecule has 1 nitrogen and oxygen atoms in total. The summed E-state index contributed by atoms with van der Waals surface area (Å²) in [6.45, 7) is 9.09. The van der Waals surface area contributed by atoms with Crippen molar-refractivity contribution in [1.29, 1.82) is 0 Å². The fraction of sp³-hybridized carbons (Fsp3) is 0.818. The van der Waals surface area contributed by atoms with Crippen molar-refractivity contribution in [3.8, 4) is 0 Å². The zero-order valence-electron chi connectivity index (χ0n) is 8.80. The molecule has 0 fully saturated rings. The van der Waals surface area contributed by atoms with E-state index in [-0.39, 0.29) is 0 Å². The molecular formula is C11H22O. The number of rotatable bonds is 5. The van der Waals surface area contributed by atoms with E-state index < -0.39 is 0 Å². The van der Waals surface area contributed by atoms with Gasteiger partial charge in [0.15, 0.2) is 0 Å². The minimum absolute atomic E-state index is 0.315. The maximum atomic E-state index is 8.69. The molecule has 12 heavy (non-hydrogen) atoms. The van der Waals surface area contributed by atoms with Crippen molar-refractivity contribution in [1.82, 2.24) is 0 Å². The van der Waals surface area contributed by atoms with Crippen LogP contribution in [0.4, 0.5) is 0 Å². The van der Waals surface area contributed by atoms with E-state index in [1.54, 1.807) is 0 Å². The van der Waals surface area contributed by atoms with E-state index in [0.717, 1.165) is 12.8 Å². The van der Waals surface area contributed by atoms with Crippen LogP contribution in [0.2, 0.25) is 0 Å². The third kappa shape index (κ3) is 5.36. The van der Waals surface area contributed by atoms with Gasteiger partial charge in [0.1, 0.15) is 0 Å². The maximum absolute atomic E-state index is 8.69. The third-order valence-corrected chi connectivity index (χ3v) is 2.37. The first kappa shape index (κ1) is 11.7. The second-order valence-electron chi connectivity index (χ2n) is 3.96. The molecule has 0 aliphatic rings. The lowest BCUT2D eigenvalue weighted by Gasteiger charge is -2.08. The predicted molar refractivity (Wildman–Crippen MR) is 54.1 cm³/mol. The summed E-state index contributed by atoms with van der Waals surface area (Å²) in [5.41, 5.74) is 1.46. The van der Waals surface area contributed by atoms with Gasteiger partial charge >= 0.3 is 0 Å². The SMILES string of the molecule is CC(=CCC(C)CCO)C(C)C. The summed E-state index contributed by atoms with van der Waals surface area (Å²) >= 11 is 0. The Morgan fingerprint density at radius 1 is 1.33 bits per heavy atom. The van der Waals surface area contributed by atoms with Crippen LogP contribution in [0.15, 0.2) is 11.6 Å². The minimum atomic E-state index is 0.315. The first-order chi connectivity index (χ1) is 5.57. The van der Waals surface area contributed by atoms with Gasteiger partial charge in [0.2, 0.25) is 0 Å². The fourth-order valence-electron chi connectivity index (χ4n) is 0.961. The average molecular weight is 170 g/mol. The minimum Gasteiger partial charge on any atom is -0.396 e. The molecule has 1 heteroatoms. The van der Waals surface area contributed by atoms with E-state index in [4.69, 9.17) is 5.11 Å². The summed E-state index contributed by atoms with van der Waals surface area (Å²) in [6, 6.07) is 0. The summed E-state index contributed by atoms with van der Waals surface area (Å²) in [5, 5.41) is 8.69. The van der Waals surface area contributed by atoms with E-state index in [9.17, 15) is 0 Å². The lowest BCUT2D eigenvalue weighted by molar-refractivity contribution is 0.263. The van der Waals surface area contributed by atoms with Crippen molar-refractivity contribution < 1.29 is 5.11 Å². The lowest BCUT2D eigenvalue weighted by atomic mass is 9.99. The van der Waals surface area contributed by atoms with Crippen LogP contribution >= 0.6 is 0 Å². The van der Waals surface area contributed by atoms with Crippen LogP contribution in [0, 0.1) is 11.8 Å². The van der Waals surface area contributed by atoms with Gasteiger partial charge in [-0.1, -0.05) is 32.4 Å². The van der Waals surface area contributed by atoms with Crippen molar-refractivity contribution in [2.75, 3.05) is 6.61 Å². The van der Waals surface area contributed by atoms with Crippen molar-refractivity contribution >= 4 is 0 Å². The summed E-state index contributed by atoms with van der Waals surface area (Å²) in [4.78, 5) is 0. The fourth-order valence-corrected chi connectivity index (χ4v) is 0.961. The largest absolute Gasteiger partial charge is 0.396 e. The second kappa shape index (κ2) is 6.24. The van der Waals surface area contributed by atoms with Crippen molar-refractivity contribution in [3.63, 3.8) is 0 Å². The quantitative estimate of drug-likeness (QED) is 0.629. The van der Waals surface area contributed by atoms with Crippen LogP contribution < -0.4 is 0 Å². The van der Waals surface area contributed by atoms with Gasteiger partial charge in [0.25, 0.3) is 0 Å². The second-order valence-corrected chi connectivity index (χ2v) is 3.96. The maximum Gasteiger partial charge on any atom is 0.0433 e. The Labute approximate surface area is 76.5 Å². The molecule has 0 aliphatic heterocycles. The molecule has 1 unspecified atom stereocenters. The Morgan fingerprint density at radius 2 is 1.92 bits per heavy atom. The zero-order chi connectivity index (χ0) is 9.56.